The minimum Gasteiger partial charge on any atom is -0.352 e. The lowest BCUT2D eigenvalue weighted by molar-refractivity contribution is -0.119. The molecule has 1 aliphatic heterocycles. The first kappa shape index (κ1) is 12.0. The zero-order valence-corrected chi connectivity index (χ0v) is 9.89. The van der Waals surface area contributed by atoms with Crippen molar-refractivity contribution in [2.45, 2.75) is 38.1 Å². The fourth-order valence-corrected chi connectivity index (χ4v) is 2.57. The molecule has 1 aromatic carbocycles. The van der Waals surface area contributed by atoms with Crippen molar-refractivity contribution in [1.82, 2.24) is 5.32 Å². The maximum Gasteiger partial charge on any atom is 0.221 e. The van der Waals surface area contributed by atoms with Crippen LogP contribution in [0.15, 0.2) is 18.2 Å². The fourth-order valence-electron chi connectivity index (χ4n) is 2.57. The Labute approximate surface area is 99.0 Å². The number of halogens is 2. The summed E-state index contributed by atoms with van der Waals surface area (Å²) in [4.78, 5) is 11.5. The van der Waals surface area contributed by atoms with Crippen molar-refractivity contribution in [2.75, 3.05) is 0 Å². The molecule has 1 aromatic rings. The summed E-state index contributed by atoms with van der Waals surface area (Å²) in [6.07, 6.45) is 1.08. The van der Waals surface area contributed by atoms with Gasteiger partial charge in [0.2, 0.25) is 5.91 Å². The van der Waals surface area contributed by atoms with Gasteiger partial charge in [-0.1, -0.05) is 19.9 Å². The number of benzene rings is 1. The van der Waals surface area contributed by atoms with Crippen LogP contribution in [0, 0.1) is 11.6 Å². The molecule has 0 saturated carbocycles. The minimum atomic E-state index is -0.863. The van der Waals surface area contributed by atoms with E-state index in [2.05, 4.69) is 5.32 Å². The Balaban J connectivity index is 2.43. The quantitative estimate of drug-likeness (QED) is 0.844. The SMILES string of the molecule is CCC1NC(=O)CC1(C)c1ccc(F)c(F)c1. The predicted octanol–water partition coefficient (Wildman–Crippen LogP) is 2.52. The lowest BCUT2D eigenvalue weighted by Crippen LogP contribution is -2.37. The summed E-state index contributed by atoms with van der Waals surface area (Å²) in [5, 5.41) is 2.87. The molecule has 1 aliphatic rings. The molecule has 1 fully saturated rings. The largest absolute Gasteiger partial charge is 0.352 e. The second-order valence-electron chi connectivity index (χ2n) is 4.75. The van der Waals surface area contributed by atoms with E-state index in [4.69, 9.17) is 0 Å². The highest BCUT2D eigenvalue weighted by atomic mass is 19.2. The van der Waals surface area contributed by atoms with Crippen LogP contribution in [0.2, 0.25) is 0 Å². The lowest BCUT2D eigenvalue weighted by atomic mass is 9.75. The molecule has 1 amide bonds. The third-order valence-electron chi connectivity index (χ3n) is 3.62. The van der Waals surface area contributed by atoms with Crippen LogP contribution in [0.25, 0.3) is 0 Å². The van der Waals surface area contributed by atoms with Gasteiger partial charge in [-0.2, -0.15) is 0 Å². The van der Waals surface area contributed by atoms with Crippen LogP contribution in [0.1, 0.15) is 32.3 Å². The van der Waals surface area contributed by atoms with Crippen molar-refractivity contribution in [2.24, 2.45) is 0 Å². The Kier molecular flexibility index (Phi) is 2.89. The van der Waals surface area contributed by atoms with E-state index in [9.17, 15) is 13.6 Å². The van der Waals surface area contributed by atoms with E-state index in [1.165, 1.54) is 6.07 Å². The van der Waals surface area contributed by atoms with Crippen LogP contribution in [-0.2, 0) is 10.2 Å². The molecule has 0 radical (unpaired) electrons. The minimum absolute atomic E-state index is 0.0279. The maximum absolute atomic E-state index is 13.3. The van der Waals surface area contributed by atoms with E-state index in [0.29, 0.717) is 12.0 Å². The Morgan fingerprint density at radius 1 is 1.41 bits per heavy atom. The van der Waals surface area contributed by atoms with Gasteiger partial charge < -0.3 is 5.32 Å². The summed E-state index contributed by atoms with van der Waals surface area (Å²) in [5.41, 5.74) is 0.210. The van der Waals surface area contributed by atoms with Gasteiger partial charge in [0.15, 0.2) is 11.6 Å². The third kappa shape index (κ3) is 1.92. The van der Waals surface area contributed by atoms with Crippen LogP contribution >= 0.6 is 0 Å². The molecule has 0 bridgehead atoms. The number of carbonyl (C=O) groups excluding carboxylic acids is 1. The molecule has 2 rings (SSSR count). The zero-order chi connectivity index (χ0) is 12.6. The highest BCUT2D eigenvalue weighted by Gasteiger charge is 2.43. The van der Waals surface area contributed by atoms with E-state index in [1.807, 2.05) is 13.8 Å². The first-order valence-electron chi connectivity index (χ1n) is 5.72. The molecule has 2 nitrogen and oxygen atoms in total. The molecule has 0 aromatic heterocycles. The van der Waals surface area contributed by atoms with Crippen molar-refractivity contribution in [3.63, 3.8) is 0 Å². The number of nitrogens with one attached hydrogen (secondary N) is 1. The standard InChI is InChI=1S/C13H15F2NO/c1-3-11-13(2,7-12(17)16-11)8-4-5-9(14)10(15)6-8/h4-6,11H,3,7H2,1-2H3,(H,16,17). The number of rotatable bonds is 2. The summed E-state index contributed by atoms with van der Waals surface area (Å²) >= 11 is 0. The average Bonchev–Trinajstić information content (AvgIpc) is 2.58. The van der Waals surface area contributed by atoms with Gasteiger partial charge in [-0.25, -0.2) is 8.78 Å². The van der Waals surface area contributed by atoms with Gasteiger partial charge in [0.25, 0.3) is 0 Å². The van der Waals surface area contributed by atoms with Crippen LogP contribution in [0.3, 0.4) is 0 Å². The topological polar surface area (TPSA) is 29.1 Å². The molecule has 2 atom stereocenters. The van der Waals surface area contributed by atoms with E-state index >= 15 is 0 Å². The van der Waals surface area contributed by atoms with Gasteiger partial charge >= 0.3 is 0 Å². The van der Waals surface area contributed by atoms with E-state index in [-0.39, 0.29) is 11.9 Å². The molecule has 1 heterocycles. The van der Waals surface area contributed by atoms with Crippen LogP contribution in [0.4, 0.5) is 8.78 Å². The van der Waals surface area contributed by atoms with Crippen molar-refractivity contribution in [3.8, 4) is 0 Å². The molecule has 1 saturated heterocycles. The fraction of sp³-hybridized carbons (Fsp3) is 0.462. The number of amides is 1. The second-order valence-corrected chi connectivity index (χ2v) is 4.75. The Hall–Kier alpha value is -1.45. The van der Waals surface area contributed by atoms with Crippen molar-refractivity contribution >= 4 is 5.91 Å². The molecule has 92 valence electrons. The summed E-state index contributed by atoms with van der Waals surface area (Å²) < 4.78 is 26.2. The number of hydrogen-bond acceptors (Lipinski definition) is 1. The third-order valence-corrected chi connectivity index (χ3v) is 3.62. The molecular weight excluding hydrogens is 224 g/mol. The van der Waals surface area contributed by atoms with Crippen molar-refractivity contribution in [3.05, 3.63) is 35.4 Å². The highest BCUT2D eigenvalue weighted by molar-refractivity contribution is 5.81. The van der Waals surface area contributed by atoms with Gasteiger partial charge in [0.1, 0.15) is 0 Å². The highest BCUT2D eigenvalue weighted by Crippen LogP contribution is 2.37. The smallest absolute Gasteiger partial charge is 0.221 e. The normalized spacial score (nSPS) is 28.2. The summed E-state index contributed by atoms with van der Waals surface area (Å²) in [6, 6.07) is 3.84. The first-order chi connectivity index (χ1) is 7.97. The Bertz CT molecular complexity index is 461. The van der Waals surface area contributed by atoms with E-state index < -0.39 is 17.0 Å². The molecule has 17 heavy (non-hydrogen) atoms. The second kappa shape index (κ2) is 4.09. The Morgan fingerprint density at radius 2 is 2.12 bits per heavy atom. The summed E-state index contributed by atoms with van der Waals surface area (Å²) in [5.74, 6) is -1.76. The summed E-state index contributed by atoms with van der Waals surface area (Å²) in [6.45, 7) is 3.88. The van der Waals surface area contributed by atoms with Crippen LogP contribution in [-0.4, -0.2) is 11.9 Å². The van der Waals surface area contributed by atoms with Gasteiger partial charge in [0, 0.05) is 17.9 Å². The maximum atomic E-state index is 13.3. The van der Waals surface area contributed by atoms with Crippen LogP contribution < -0.4 is 5.32 Å². The Morgan fingerprint density at radius 3 is 2.71 bits per heavy atom. The molecule has 4 heteroatoms. The van der Waals surface area contributed by atoms with E-state index in [0.717, 1.165) is 12.5 Å². The molecule has 2 unspecified atom stereocenters. The molecule has 0 spiro atoms. The molecule has 1 N–H and O–H groups in total. The zero-order valence-electron chi connectivity index (χ0n) is 9.89. The summed E-state index contributed by atoms with van der Waals surface area (Å²) in [7, 11) is 0. The van der Waals surface area contributed by atoms with E-state index in [1.54, 1.807) is 6.07 Å². The van der Waals surface area contributed by atoms with Gasteiger partial charge in [-0.15, -0.1) is 0 Å². The molecular formula is C13H15F2NO. The number of hydrogen-bond donors (Lipinski definition) is 1. The first-order valence-corrected chi connectivity index (χ1v) is 5.72. The molecule has 0 aliphatic carbocycles. The van der Waals surface area contributed by atoms with Crippen LogP contribution in [0.5, 0.6) is 0 Å². The predicted molar refractivity (Wildman–Crippen MR) is 60.5 cm³/mol. The van der Waals surface area contributed by atoms with Gasteiger partial charge in [0.05, 0.1) is 0 Å². The van der Waals surface area contributed by atoms with Gasteiger partial charge in [-0.3, -0.25) is 4.79 Å². The average molecular weight is 239 g/mol. The lowest BCUT2D eigenvalue weighted by Gasteiger charge is -2.30. The van der Waals surface area contributed by atoms with Crippen molar-refractivity contribution < 1.29 is 13.6 Å². The van der Waals surface area contributed by atoms with Gasteiger partial charge in [-0.05, 0) is 24.1 Å². The van der Waals surface area contributed by atoms with Crippen molar-refractivity contribution in [1.29, 1.82) is 0 Å². The monoisotopic (exact) mass is 239 g/mol. The number of carbonyl (C=O) groups is 1.